The maximum atomic E-state index is 13.0. The number of carboxylic acids is 1. The van der Waals surface area contributed by atoms with E-state index in [0.717, 1.165) is 37.1 Å². The summed E-state index contributed by atoms with van der Waals surface area (Å²) in [6.45, 7) is 2.01. The number of piperidine rings is 1. The van der Waals surface area contributed by atoms with E-state index < -0.39 is 12.1 Å². The number of carbonyl (C=O) groups excluding carboxylic acids is 1. The first-order valence-electron chi connectivity index (χ1n) is 11.5. The Hall–Kier alpha value is -3.73. The molecule has 2 fully saturated rings. The lowest BCUT2D eigenvalue weighted by atomic mass is 9.94. The molecule has 1 aliphatic carbocycles. The summed E-state index contributed by atoms with van der Waals surface area (Å²) in [7, 11) is 0. The first-order chi connectivity index (χ1) is 17.2. The summed E-state index contributed by atoms with van der Waals surface area (Å²) in [5.74, 6) is -2.83. The Morgan fingerprint density at radius 2 is 1.81 bits per heavy atom. The fourth-order valence-electron chi connectivity index (χ4n) is 4.54. The highest BCUT2D eigenvalue weighted by molar-refractivity contribution is 5.99. The van der Waals surface area contributed by atoms with E-state index in [1.54, 1.807) is 18.6 Å². The SMILES string of the molecule is O=C(NC1CCN(Cc2ccccc2)C2(CC2)C1)c1[nH]ncc1-c1ccncc1.O=C(O)C(F)(F)F. The largest absolute Gasteiger partial charge is 0.490 e. The monoisotopic (exact) mass is 501 g/mol. The summed E-state index contributed by atoms with van der Waals surface area (Å²) in [5.41, 5.74) is 3.89. The van der Waals surface area contributed by atoms with E-state index in [0.29, 0.717) is 5.69 Å². The summed E-state index contributed by atoms with van der Waals surface area (Å²) >= 11 is 0. The molecule has 190 valence electrons. The molecule has 8 nitrogen and oxygen atoms in total. The number of nitrogens with one attached hydrogen (secondary N) is 2. The van der Waals surface area contributed by atoms with Gasteiger partial charge in [-0.25, -0.2) is 4.79 Å². The van der Waals surface area contributed by atoms with Gasteiger partial charge in [0.15, 0.2) is 0 Å². The third-order valence-corrected chi connectivity index (χ3v) is 6.52. The zero-order chi connectivity index (χ0) is 25.8. The van der Waals surface area contributed by atoms with Crippen molar-refractivity contribution >= 4 is 11.9 Å². The Bertz CT molecular complexity index is 1180. The van der Waals surface area contributed by atoms with Crippen LogP contribution in [0.1, 0.15) is 41.7 Å². The first-order valence-corrected chi connectivity index (χ1v) is 11.5. The van der Waals surface area contributed by atoms with Gasteiger partial charge in [-0.3, -0.25) is 19.8 Å². The predicted octanol–water partition coefficient (Wildman–Crippen LogP) is 4.03. The van der Waals surface area contributed by atoms with E-state index in [4.69, 9.17) is 9.90 Å². The molecule has 5 rings (SSSR count). The van der Waals surface area contributed by atoms with Gasteiger partial charge in [0.1, 0.15) is 5.69 Å². The summed E-state index contributed by atoms with van der Waals surface area (Å²) < 4.78 is 31.7. The molecule has 11 heteroatoms. The number of pyridine rings is 1. The number of nitrogens with zero attached hydrogens (tertiary/aromatic N) is 3. The number of halogens is 3. The van der Waals surface area contributed by atoms with Crippen LogP contribution in [0.25, 0.3) is 11.1 Å². The fourth-order valence-corrected chi connectivity index (χ4v) is 4.54. The predicted molar refractivity (Wildman–Crippen MR) is 125 cm³/mol. The summed E-state index contributed by atoms with van der Waals surface area (Å²) in [6.07, 6.45) is 4.50. The highest BCUT2D eigenvalue weighted by atomic mass is 19.4. The van der Waals surface area contributed by atoms with E-state index in [2.05, 4.69) is 55.7 Å². The molecule has 2 aliphatic rings. The molecule has 36 heavy (non-hydrogen) atoms. The number of H-pyrrole nitrogens is 1. The molecule has 1 saturated heterocycles. The number of aliphatic carboxylic acids is 1. The molecule has 1 aliphatic heterocycles. The number of alkyl halides is 3. The number of carbonyl (C=O) groups is 2. The van der Waals surface area contributed by atoms with Crippen molar-refractivity contribution in [2.45, 2.75) is 50.0 Å². The van der Waals surface area contributed by atoms with Gasteiger partial charge >= 0.3 is 12.1 Å². The average molecular weight is 502 g/mol. The Morgan fingerprint density at radius 3 is 2.42 bits per heavy atom. The molecular weight excluding hydrogens is 475 g/mol. The van der Waals surface area contributed by atoms with E-state index in [1.165, 1.54) is 18.4 Å². The smallest absolute Gasteiger partial charge is 0.475 e. The Kier molecular flexibility index (Phi) is 7.39. The molecule has 3 aromatic rings. The molecule has 1 spiro atoms. The summed E-state index contributed by atoms with van der Waals surface area (Å²) in [6, 6.07) is 14.6. The lowest BCUT2D eigenvalue weighted by Gasteiger charge is -2.40. The van der Waals surface area contributed by atoms with Crippen molar-refractivity contribution in [2.75, 3.05) is 6.54 Å². The van der Waals surface area contributed by atoms with Crippen molar-refractivity contribution in [3.63, 3.8) is 0 Å². The number of aromatic amines is 1. The number of rotatable bonds is 5. The fraction of sp³-hybridized carbons (Fsp3) is 0.360. The molecule has 1 aromatic carbocycles. The van der Waals surface area contributed by atoms with Gasteiger partial charge < -0.3 is 10.4 Å². The lowest BCUT2D eigenvalue weighted by Crippen LogP contribution is -2.51. The highest BCUT2D eigenvalue weighted by Crippen LogP contribution is 2.49. The van der Waals surface area contributed by atoms with Crippen LogP contribution in [0.15, 0.2) is 61.1 Å². The number of carboxylic acid groups (broad SMARTS) is 1. The minimum Gasteiger partial charge on any atom is -0.475 e. The minimum atomic E-state index is -5.08. The zero-order valence-corrected chi connectivity index (χ0v) is 19.3. The van der Waals surface area contributed by atoms with Gasteiger partial charge in [-0.2, -0.15) is 18.3 Å². The molecule has 1 unspecified atom stereocenters. The van der Waals surface area contributed by atoms with Crippen molar-refractivity contribution in [3.8, 4) is 11.1 Å². The van der Waals surface area contributed by atoms with E-state index in [1.807, 2.05) is 12.1 Å². The van der Waals surface area contributed by atoms with Crippen LogP contribution in [0.5, 0.6) is 0 Å². The molecular formula is C25H26F3N5O3. The molecule has 0 radical (unpaired) electrons. The van der Waals surface area contributed by atoms with Gasteiger partial charge in [-0.05, 0) is 48.9 Å². The van der Waals surface area contributed by atoms with Crippen molar-refractivity contribution in [3.05, 3.63) is 72.3 Å². The molecule has 0 bridgehead atoms. The Morgan fingerprint density at radius 1 is 1.14 bits per heavy atom. The number of hydrogen-bond donors (Lipinski definition) is 3. The van der Waals surface area contributed by atoms with Crippen LogP contribution in [-0.2, 0) is 11.3 Å². The van der Waals surface area contributed by atoms with Gasteiger partial charge in [-0.15, -0.1) is 0 Å². The number of likely N-dealkylation sites (tertiary alicyclic amines) is 1. The van der Waals surface area contributed by atoms with Crippen LogP contribution in [0.3, 0.4) is 0 Å². The van der Waals surface area contributed by atoms with E-state index in [-0.39, 0.29) is 17.5 Å². The van der Waals surface area contributed by atoms with Crippen LogP contribution >= 0.6 is 0 Å². The average Bonchev–Trinajstić information content (AvgIpc) is 3.43. The Labute approximate surface area is 205 Å². The van der Waals surface area contributed by atoms with Crippen LogP contribution < -0.4 is 5.32 Å². The second-order valence-electron chi connectivity index (χ2n) is 8.99. The highest BCUT2D eigenvalue weighted by Gasteiger charge is 2.51. The number of hydrogen-bond acceptors (Lipinski definition) is 5. The number of benzene rings is 1. The van der Waals surface area contributed by atoms with Gasteiger partial charge in [0, 0.05) is 42.6 Å². The molecule has 1 saturated carbocycles. The topological polar surface area (TPSA) is 111 Å². The van der Waals surface area contributed by atoms with E-state index in [9.17, 15) is 18.0 Å². The normalized spacial score (nSPS) is 18.7. The van der Waals surface area contributed by atoms with Crippen molar-refractivity contribution in [1.29, 1.82) is 0 Å². The van der Waals surface area contributed by atoms with E-state index >= 15 is 0 Å². The van der Waals surface area contributed by atoms with Crippen LogP contribution in [0.4, 0.5) is 13.2 Å². The van der Waals surface area contributed by atoms with Gasteiger partial charge in [-0.1, -0.05) is 30.3 Å². The third-order valence-electron chi connectivity index (χ3n) is 6.52. The second-order valence-corrected chi connectivity index (χ2v) is 8.99. The molecule has 2 aromatic heterocycles. The van der Waals surface area contributed by atoms with Crippen LogP contribution in [0.2, 0.25) is 0 Å². The molecule has 3 N–H and O–H groups in total. The minimum absolute atomic E-state index is 0.0772. The van der Waals surface area contributed by atoms with Crippen LogP contribution in [-0.4, -0.2) is 61.4 Å². The van der Waals surface area contributed by atoms with Crippen LogP contribution in [0, 0.1) is 0 Å². The van der Waals surface area contributed by atoms with Crippen molar-refractivity contribution in [1.82, 2.24) is 25.4 Å². The molecule has 1 atom stereocenters. The summed E-state index contributed by atoms with van der Waals surface area (Å²) in [4.78, 5) is 28.5. The quantitative estimate of drug-likeness (QED) is 0.487. The lowest BCUT2D eigenvalue weighted by molar-refractivity contribution is -0.192. The maximum Gasteiger partial charge on any atom is 0.490 e. The number of aromatic nitrogens is 3. The first kappa shape index (κ1) is 25.4. The molecule has 1 amide bonds. The second kappa shape index (κ2) is 10.5. The summed E-state index contributed by atoms with van der Waals surface area (Å²) in [5, 5.41) is 17.4. The van der Waals surface area contributed by atoms with Gasteiger partial charge in [0.2, 0.25) is 0 Å². The third kappa shape index (κ3) is 6.09. The van der Waals surface area contributed by atoms with Crippen molar-refractivity contribution < 1.29 is 27.9 Å². The van der Waals surface area contributed by atoms with Gasteiger partial charge in [0.25, 0.3) is 5.91 Å². The molecule has 3 heterocycles. The van der Waals surface area contributed by atoms with Crippen molar-refractivity contribution in [2.24, 2.45) is 0 Å². The Balaban J connectivity index is 0.000000384. The standard InChI is InChI=1S/C23H25N5O.C2HF3O2/c29-22(21-20(15-25-27-21)18-6-11-24-12-7-18)26-19-8-13-28(23(14-19)9-10-23)16-17-4-2-1-3-5-17;3-2(4,5)1(6)7/h1-7,11-12,15,19H,8-10,13-14,16H2,(H,25,27)(H,26,29);(H,6,7). The maximum absolute atomic E-state index is 13.0. The van der Waals surface area contributed by atoms with Gasteiger partial charge in [0.05, 0.1) is 6.20 Å². The number of amides is 1. The zero-order valence-electron chi connectivity index (χ0n) is 19.3.